The second kappa shape index (κ2) is 7.82. The summed E-state index contributed by atoms with van der Waals surface area (Å²) in [4.78, 5) is 18.9. The van der Waals surface area contributed by atoms with Gasteiger partial charge in [-0.05, 0) is 32.9 Å². The highest BCUT2D eigenvalue weighted by atomic mass is 16.5. The van der Waals surface area contributed by atoms with E-state index < -0.39 is 0 Å². The fraction of sp³-hybridized carbons (Fsp3) is 0.929. The van der Waals surface area contributed by atoms with Crippen molar-refractivity contribution >= 4 is 5.91 Å². The Morgan fingerprint density at radius 2 is 1.68 bits per heavy atom. The number of nitrogens with zero attached hydrogens (tertiary/aromatic N) is 3. The van der Waals surface area contributed by atoms with Crippen molar-refractivity contribution in [1.82, 2.24) is 14.7 Å². The van der Waals surface area contributed by atoms with Gasteiger partial charge in [-0.15, -0.1) is 0 Å². The van der Waals surface area contributed by atoms with E-state index in [2.05, 4.69) is 9.80 Å². The van der Waals surface area contributed by atoms with Crippen LogP contribution >= 0.6 is 0 Å². The lowest BCUT2D eigenvalue weighted by molar-refractivity contribution is -0.134. The molecule has 0 unspecified atom stereocenters. The van der Waals surface area contributed by atoms with Gasteiger partial charge in [-0.3, -0.25) is 14.6 Å². The van der Waals surface area contributed by atoms with Crippen LogP contribution < -0.4 is 0 Å². The molecule has 2 heterocycles. The van der Waals surface area contributed by atoms with Crippen LogP contribution in [-0.4, -0.2) is 86.2 Å². The molecule has 5 nitrogen and oxygen atoms in total. The van der Waals surface area contributed by atoms with E-state index in [0.717, 1.165) is 59.0 Å². The monoisotopic (exact) mass is 269 g/mol. The van der Waals surface area contributed by atoms with Crippen LogP contribution in [0.1, 0.15) is 19.8 Å². The largest absolute Gasteiger partial charge is 0.380 e. The Morgan fingerprint density at radius 1 is 1.00 bits per heavy atom. The van der Waals surface area contributed by atoms with Crippen molar-refractivity contribution in [2.24, 2.45) is 0 Å². The van der Waals surface area contributed by atoms with Gasteiger partial charge in [-0.2, -0.15) is 0 Å². The molecule has 0 spiro atoms. The Kier molecular flexibility index (Phi) is 6.07. The zero-order valence-electron chi connectivity index (χ0n) is 12.1. The number of carbonyl (C=O) groups is 1. The van der Waals surface area contributed by atoms with Crippen LogP contribution in [0.25, 0.3) is 0 Å². The van der Waals surface area contributed by atoms with Gasteiger partial charge in [0.25, 0.3) is 0 Å². The second-order valence-corrected chi connectivity index (χ2v) is 5.40. The van der Waals surface area contributed by atoms with Gasteiger partial charge in [0, 0.05) is 39.3 Å². The summed E-state index contributed by atoms with van der Waals surface area (Å²) in [5.74, 6) is 0.311. The molecule has 0 aliphatic carbocycles. The minimum Gasteiger partial charge on any atom is -0.380 e. The molecule has 19 heavy (non-hydrogen) atoms. The first-order valence-corrected chi connectivity index (χ1v) is 7.60. The van der Waals surface area contributed by atoms with Crippen LogP contribution in [0.4, 0.5) is 0 Å². The molecule has 0 aromatic carbocycles. The molecule has 0 bridgehead atoms. The third-order valence-electron chi connectivity index (χ3n) is 4.04. The van der Waals surface area contributed by atoms with Crippen molar-refractivity contribution in [2.45, 2.75) is 19.8 Å². The summed E-state index contributed by atoms with van der Waals surface area (Å²) in [5, 5.41) is 0. The van der Waals surface area contributed by atoms with Gasteiger partial charge in [0.15, 0.2) is 0 Å². The average molecular weight is 269 g/mol. The number of ether oxygens (including phenoxy) is 1. The minimum atomic E-state index is 0.311. The molecule has 5 heteroatoms. The molecule has 0 radical (unpaired) electrons. The third-order valence-corrected chi connectivity index (χ3v) is 4.04. The van der Waals surface area contributed by atoms with Gasteiger partial charge in [0.1, 0.15) is 0 Å². The Bertz CT molecular complexity index is 272. The summed E-state index contributed by atoms with van der Waals surface area (Å²) >= 11 is 0. The summed E-state index contributed by atoms with van der Waals surface area (Å²) in [6.07, 6.45) is 2.50. The number of hydrogen-bond donors (Lipinski definition) is 0. The summed E-state index contributed by atoms with van der Waals surface area (Å²) < 4.78 is 5.37. The van der Waals surface area contributed by atoms with E-state index >= 15 is 0 Å². The predicted octanol–water partition coefficient (Wildman–Crippen LogP) is 0.263. The van der Waals surface area contributed by atoms with Gasteiger partial charge < -0.3 is 9.64 Å². The Hall–Kier alpha value is -0.650. The molecule has 110 valence electrons. The van der Waals surface area contributed by atoms with Gasteiger partial charge in [0.2, 0.25) is 5.91 Å². The fourth-order valence-corrected chi connectivity index (χ4v) is 2.79. The molecule has 1 amide bonds. The summed E-state index contributed by atoms with van der Waals surface area (Å²) in [7, 11) is 0. The van der Waals surface area contributed by atoms with Crippen LogP contribution in [0.15, 0.2) is 0 Å². The topological polar surface area (TPSA) is 36.0 Å². The number of piperazine rings is 1. The second-order valence-electron chi connectivity index (χ2n) is 5.40. The lowest BCUT2D eigenvalue weighted by atomic mass is 10.3. The van der Waals surface area contributed by atoms with E-state index in [1.165, 1.54) is 12.8 Å². The minimum absolute atomic E-state index is 0.311. The normalized spacial score (nSPS) is 22.1. The van der Waals surface area contributed by atoms with Crippen molar-refractivity contribution in [2.75, 3.05) is 65.6 Å². The maximum Gasteiger partial charge on any atom is 0.236 e. The first-order chi connectivity index (χ1) is 9.29. The molecule has 0 aromatic rings. The molecule has 2 aliphatic rings. The van der Waals surface area contributed by atoms with Crippen molar-refractivity contribution in [1.29, 1.82) is 0 Å². The number of hydrogen-bond acceptors (Lipinski definition) is 4. The van der Waals surface area contributed by atoms with E-state index in [-0.39, 0.29) is 0 Å². The van der Waals surface area contributed by atoms with Gasteiger partial charge in [0.05, 0.1) is 13.2 Å². The van der Waals surface area contributed by atoms with Gasteiger partial charge in [-0.1, -0.05) is 0 Å². The standard InChI is InChI=1S/C14H27N3O2/c1-2-19-12-11-15-7-9-17(10-8-15)14(18)13-16-5-3-4-6-16/h2-13H2,1H3. The highest BCUT2D eigenvalue weighted by Crippen LogP contribution is 2.08. The average Bonchev–Trinajstić information content (AvgIpc) is 2.93. The molecule has 2 rings (SSSR count). The third kappa shape index (κ3) is 4.75. The van der Waals surface area contributed by atoms with Crippen LogP contribution in [0.5, 0.6) is 0 Å². The Morgan fingerprint density at radius 3 is 2.32 bits per heavy atom. The molecule has 0 atom stereocenters. The predicted molar refractivity (Wildman–Crippen MR) is 75.2 cm³/mol. The zero-order chi connectivity index (χ0) is 13.5. The molecule has 0 saturated carbocycles. The van der Waals surface area contributed by atoms with E-state index in [0.29, 0.717) is 12.5 Å². The number of carbonyl (C=O) groups excluding carboxylic acids is 1. The SMILES string of the molecule is CCOCCN1CCN(C(=O)CN2CCCC2)CC1. The van der Waals surface area contributed by atoms with Crippen molar-refractivity contribution in [3.05, 3.63) is 0 Å². The Balaban J connectivity index is 1.63. The number of likely N-dealkylation sites (tertiary alicyclic amines) is 1. The first kappa shape index (κ1) is 14.8. The molecular formula is C14H27N3O2. The lowest BCUT2D eigenvalue weighted by Crippen LogP contribution is -2.51. The highest BCUT2D eigenvalue weighted by Gasteiger charge is 2.23. The number of rotatable bonds is 6. The lowest BCUT2D eigenvalue weighted by Gasteiger charge is -2.35. The van der Waals surface area contributed by atoms with Crippen molar-refractivity contribution in [3.8, 4) is 0 Å². The molecule has 0 N–H and O–H groups in total. The summed E-state index contributed by atoms with van der Waals surface area (Å²) in [6, 6.07) is 0. The van der Waals surface area contributed by atoms with E-state index in [1.54, 1.807) is 0 Å². The van der Waals surface area contributed by atoms with Crippen LogP contribution in [-0.2, 0) is 9.53 Å². The van der Waals surface area contributed by atoms with Crippen molar-refractivity contribution in [3.63, 3.8) is 0 Å². The summed E-state index contributed by atoms with van der Waals surface area (Å²) in [6.45, 7) is 11.1. The first-order valence-electron chi connectivity index (χ1n) is 7.60. The van der Waals surface area contributed by atoms with Gasteiger partial charge >= 0.3 is 0 Å². The molecular weight excluding hydrogens is 242 g/mol. The molecule has 0 aromatic heterocycles. The van der Waals surface area contributed by atoms with E-state index in [1.807, 2.05) is 11.8 Å². The smallest absolute Gasteiger partial charge is 0.236 e. The molecule has 2 saturated heterocycles. The van der Waals surface area contributed by atoms with E-state index in [4.69, 9.17) is 4.74 Å². The quantitative estimate of drug-likeness (QED) is 0.648. The number of amides is 1. The maximum absolute atomic E-state index is 12.2. The molecule has 2 fully saturated rings. The van der Waals surface area contributed by atoms with Crippen LogP contribution in [0.3, 0.4) is 0 Å². The molecule has 2 aliphatic heterocycles. The van der Waals surface area contributed by atoms with E-state index in [9.17, 15) is 4.79 Å². The maximum atomic E-state index is 12.2. The Labute approximate surface area is 116 Å². The summed E-state index contributed by atoms with van der Waals surface area (Å²) in [5.41, 5.74) is 0. The fourth-order valence-electron chi connectivity index (χ4n) is 2.79. The van der Waals surface area contributed by atoms with Crippen LogP contribution in [0.2, 0.25) is 0 Å². The van der Waals surface area contributed by atoms with Gasteiger partial charge in [-0.25, -0.2) is 0 Å². The highest BCUT2D eigenvalue weighted by molar-refractivity contribution is 5.78. The van der Waals surface area contributed by atoms with Crippen molar-refractivity contribution < 1.29 is 9.53 Å². The zero-order valence-corrected chi connectivity index (χ0v) is 12.1. The van der Waals surface area contributed by atoms with Crippen LogP contribution in [0, 0.1) is 0 Å².